The average molecular weight is 222 g/mol. The number of thiol groups is 2. The van der Waals surface area contributed by atoms with E-state index in [1.807, 2.05) is 24.3 Å². The number of hydrogen-bond donors (Lipinski definition) is 2. The Bertz CT molecular complexity index is 160. The van der Waals surface area contributed by atoms with Crippen LogP contribution in [-0.4, -0.2) is 0 Å². The minimum Gasteiger partial charge on any atom is -1.00 e. The fourth-order valence-electron chi connectivity index (χ4n) is 0.453. The van der Waals surface area contributed by atoms with Gasteiger partial charge in [-0.2, -0.15) is 0 Å². The van der Waals surface area contributed by atoms with Crippen LogP contribution in [-0.2, 0) is 0 Å². The van der Waals surface area contributed by atoms with E-state index in [1.165, 1.54) is 0 Å². The smallest absolute Gasteiger partial charge is 1.00 e. The monoisotopic (exact) mass is 222 g/mol. The molecule has 10 heavy (non-hydrogen) atoms. The van der Waals surface area contributed by atoms with E-state index in [-0.39, 0.29) is 106 Å². The second-order valence-corrected chi connectivity index (χ2v) is 2.55. The molecule has 0 aliphatic rings. The standard InChI is InChI=1S/C6H6S2.2K.2H/c7-5-1-2-6(8)4-3-5;;;;/h1-4,7-8H;;;;/q;2*+1;2*-1. The van der Waals surface area contributed by atoms with E-state index in [0.717, 1.165) is 9.79 Å². The molecule has 0 aromatic heterocycles. The Balaban J connectivity index is -0.0000000800. The van der Waals surface area contributed by atoms with Crippen LogP contribution < -0.4 is 103 Å². The molecule has 1 rings (SSSR count). The third-order valence-electron chi connectivity index (χ3n) is 0.850. The molecule has 1 aromatic carbocycles. The zero-order valence-electron chi connectivity index (χ0n) is 8.20. The maximum absolute atomic E-state index is 4.10. The molecular weight excluding hydrogens is 214 g/mol. The summed E-state index contributed by atoms with van der Waals surface area (Å²) in [6, 6.07) is 7.63. The molecule has 0 unspecified atom stereocenters. The Kier molecular flexibility index (Phi) is 13.7. The van der Waals surface area contributed by atoms with E-state index < -0.39 is 0 Å². The van der Waals surface area contributed by atoms with Crippen molar-refractivity contribution < 1.29 is 106 Å². The van der Waals surface area contributed by atoms with Crippen LogP contribution in [0.4, 0.5) is 0 Å². The van der Waals surface area contributed by atoms with Gasteiger partial charge in [0.15, 0.2) is 0 Å². The van der Waals surface area contributed by atoms with Gasteiger partial charge in [-0.1, -0.05) is 0 Å². The quantitative estimate of drug-likeness (QED) is 0.330. The first kappa shape index (κ1) is 15.7. The van der Waals surface area contributed by atoms with Crippen molar-refractivity contribution in [1.29, 1.82) is 0 Å². The van der Waals surface area contributed by atoms with E-state index in [2.05, 4.69) is 25.3 Å². The SMILES string of the molecule is Sc1ccc(S)cc1.[H-].[H-].[K+].[K+]. The maximum Gasteiger partial charge on any atom is 1.00 e. The Morgan fingerprint density at radius 3 is 1.20 bits per heavy atom. The molecule has 0 fully saturated rings. The van der Waals surface area contributed by atoms with Crippen molar-refractivity contribution in [2.75, 3.05) is 0 Å². The van der Waals surface area contributed by atoms with Gasteiger partial charge in [-0.05, 0) is 24.3 Å². The molecule has 0 amide bonds. The van der Waals surface area contributed by atoms with Gasteiger partial charge in [0.25, 0.3) is 0 Å². The van der Waals surface area contributed by atoms with Gasteiger partial charge in [-0.3, -0.25) is 0 Å². The fourth-order valence-corrected chi connectivity index (χ4v) is 0.751. The summed E-state index contributed by atoms with van der Waals surface area (Å²) in [4.78, 5) is 1.95. The summed E-state index contributed by atoms with van der Waals surface area (Å²) < 4.78 is 0. The second kappa shape index (κ2) is 8.78. The maximum atomic E-state index is 4.10. The molecular formula is C6H8K2S2. The van der Waals surface area contributed by atoms with Crippen LogP contribution in [0.3, 0.4) is 0 Å². The molecule has 1 aromatic rings. The zero-order valence-corrected chi connectivity index (χ0v) is 14.2. The molecule has 0 spiro atoms. The molecule has 0 saturated heterocycles. The van der Waals surface area contributed by atoms with Crippen LogP contribution >= 0.6 is 25.3 Å². The van der Waals surface area contributed by atoms with Crippen LogP contribution in [0.2, 0.25) is 0 Å². The van der Waals surface area contributed by atoms with E-state index >= 15 is 0 Å². The molecule has 0 heterocycles. The number of benzene rings is 1. The van der Waals surface area contributed by atoms with E-state index in [1.54, 1.807) is 0 Å². The molecule has 0 aliphatic carbocycles. The average Bonchev–Trinajstić information content (AvgIpc) is 1.77. The van der Waals surface area contributed by atoms with Crippen molar-refractivity contribution in [1.82, 2.24) is 0 Å². The van der Waals surface area contributed by atoms with E-state index in [0.29, 0.717) is 0 Å². The van der Waals surface area contributed by atoms with Crippen molar-refractivity contribution in [2.24, 2.45) is 0 Å². The summed E-state index contributed by atoms with van der Waals surface area (Å²) in [5.41, 5.74) is 0. The summed E-state index contributed by atoms with van der Waals surface area (Å²) in [5.74, 6) is 0. The molecule has 0 nitrogen and oxygen atoms in total. The van der Waals surface area contributed by atoms with Crippen LogP contribution in [0.15, 0.2) is 34.1 Å². The van der Waals surface area contributed by atoms with Crippen molar-refractivity contribution in [3.8, 4) is 0 Å². The van der Waals surface area contributed by atoms with Gasteiger partial charge in [0.2, 0.25) is 0 Å². The van der Waals surface area contributed by atoms with E-state index in [4.69, 9.17) is 0 Å². The molecule has 4 heteroatoms. The predicted molar refractivity (Wildman–Crippen MR) is 43.2 cm³/mol. The molecule has 0 saturated carbocycles. The summed E-state index contributed by atoms with van der Waals surface area (Å²) in [6.07, 6.45) is 0. The van der Waals surface area contributed by atoms with Gasteiger partial charge >= 0.3 is 103 Å². The van der Waals surface area contributed by atoms with Gasteiger partial charge in [0.05, 0.1) is 0 Å². The summed E-state index contributed by atoms with van der Waals surface area (Å²) >= 11 is 8.20. The third kappa shape index (κ3) is 6.68. The Labute approximate surface area is 161 Å². The fraction of sp³-hybridized carbons (Fsp3) is 0. The van der Waals surface area contributed by atoms with Crippen molar-refractivity contribution in [2.45, 2.75) is 9.79 Å². The number of rotatable bonds is 0. The molecule has 0 atom stereocenters. The van der Waals surface area contributed by atoms with Crippen molar-refractivity contribution in [3.63, 3.8) is 0 Å². The molecule has 0 aliphatic heterocycles. The minimum atomic E-state index is 0. The predicted octanol–water partition coefficient (Wildman–Crippen LogP) is -3.50. The molecule has 0 radical (unpaired) electrons. The first-order valence-electron chi connectivity index (χ1n) is 2.27. The summed E-state index contributed by atoms with van der Waals surface area (Å²) in [7, 11) is 0. The molecule has 46 valence electrons. The van der Waals surface area contributed by atoms with Crippen molar-refractivity contribution >= 4 is 25.3 Å². The first-order chi connectivity index (χ1) is 3.79. The Hall–Kier alpha value is 3.19. The van der Waals surface area contributed by atoms with Crippen LogP contribution in [0.1, 0.15) is 2.85 Å². The minimum absolute atomic E-state index is 0. The van der Waals surface area contributed by atoms with Crippen LogP contribution in [0.25, 0.3) is 0 Å². The van der Waals surface area contributed by atoms with Crippen LogP contribution in [0.5, 0.6) is 0 Å². The van der Waals surface area contributed by atoms with E-state index in [9.17, 15) is 0 Å². The largest absolute Gasteiger partial charge is 1.00 e. The third-order valence-corrected chi connectivity index (χ3v) is 1.45. The molecule has 0 bridgehead atoms. The second-order valence-electron chi connectivity index (χ2n) is 1.52. The van der Waals surface area contributed by atoms with Crippen LogP contribution in [0, 0.1) is 0 Å². The van der Waals surface area contributed by atoms with Gasteiger partial charge in [0.1, 0.15) is 0 Å². The normalized spacial score (nSPS) is 7.40. The van der Waals surface area contributed by atoms with Crippen molar-refractivity contribution in [3.05, 3.63) is 24.3 Å². The summed E-state index contributed by atoms with van der Waals surface area (Å²) in [6.45, 7) is 0. The van der Waals surface area contributed by atoms with Gasteiger partial charge in [-0.15, -0.1) is 25.3 Å². The van der Waals surface area contributed by atoms with Gasteiger partial charge in [-0.25, -0.2) is 0 Å². The Morgan fingerprint density at radius 2 is 1.00 bits per heavy atom. The van der Waals surface area contributed by atoms with Gasteiger partial charge in [0, 0.05) is 9.79 Å². The van der Waals surface area contributed by atoms with Gasteiger partial charge < -0.3 is 2.85 Å². The molecule has 0 N–H and O–H groups in total. The first-order valence-corrected chi connectivity index (χ1v) is 3.16. The zero-order chi connectivity index (χ0) is 5.98. The topological polar surface area (TPSA) is 0 Å². The summed E-state index contributed by atoms with van der Waals surface area (Å²) in [5, 5.41) is 0. The number of hydrogen-bond acceptors (Lipinski definition) is 2. The Morgan fingerprint density at radius 1 is 0.800 bits per heavy atom.